The van der Waals surface area contributed by atoms with Crippen LogP contribution in [0.5, 0.6) is 5.75 Å². The van der Waals surface area contributed by atoms with E-state index in [1.807, 2.05) is 0 Å². The predicted molar refractivity (Wildman–Crippen MR) is 99.3 cm³/mol. The smallest absolute Gasteiger partial charge is 0.265 e. The molecule has 4 N–H and O–H groups in total. The van der Waals surface area contributed by atoms with E-state index in [4.69, 9.17) is 10.5 Å². The molecule has 1 aromatic carbocycles. The highest BCUT2D eigenvalue weighted by Gasteiger charge is 2.29. The highest BCUT2D eigenvalue weighted by Crippen LogP contribution is 2.33. The number of nitrogens with one attached hydrogen (secondary N) is 2. The molecule has 138 valence electrons. The van der Waals surface area contributed by atoms with Crippen molar-refractivity contribution in [3.8, 4) is 5.75 Å². The molecule has 2 atom stereocenters. The fraction of sp³-hybridized carbons (Fsp3) is 0.556. The summed E-state index contributed by atoms with van der Waals surface area (Å²) in [5.41, 5.74) is 6.88. The Bertz CT molecular complexity index is 632. The third-order valence-corrected chi connectivity index (χ3v) is 4.97. The summed E-state index contributed by atoms with van der Waals surface area (Å²) in [7, 11) is 0. The number of rotatable bonds is 4. The van der Waals surface area contributed by atoms with Gasteiger partial charge >= 0.3 is 0 Å². The molecule has 0 bridgehead atoms. The molecule has 1 aliphatic carbocycles. The Hall–Kier alpha value is -1.79. The maximum absolute atomic E-state index is 12.8. The van der Waals surface area contributed by atoms with Crippen LogP contribution < -0.4 is 21.1 Å². The lowest BCUT2D eigenvalue weighted by atomic mass is 9.84. The Morgan fingerprint density at radius 1 is 1.36 bits per heavy atom. The quantitative estimate of drug-likeness (QED) is 0.762. The highest BCUT2D eigenvalue weighted by atomic mass is 35.5. The number of hydrogen-bond acceptors (Lipinski definition) is 4. The van der Waals surface area contributed by atoms with Crippen molar-refractivity contribution in [3.05, 3.63) is 23.8 Å². The van der Waals surface area contributed by atoms with Crippen LogP contribution in [-0.4, -0.2) is 30.5 Å². The van der Waals surface area contributed by atoms with Crippen molar-refractivity contribution in [2.24, 2.45) is 11.7 Å². The molecule has 25 heavy (non-hydrogen) atoms. The highest BCUT2D eigenvalue weighted by molar-refractivity contribution is 6.04. The first-order chi connectivity index (χ1) is 11.6. The van der Waals surface area contributed by atoms with Crippen molar-refractivity contribution < 1.29 is 14.3 Å². The Morgan fingerprint density at radius 2 is 2.08 bits per heavy atom. The molecule has 2 amide bonds. The number of fused-ring (bicyclic) bond motifs is 1. The lowest BCUT2D eigenvalue weighted by Crippen LogP contribution is -2.46. The van der Waals surface area contributed by atoms with Gasteiger partial charge in [0, 0.05) is 12.6 Å². The molecule has 1 aromatic rings. The Labute approximate surface area is 154 Å². The number of halogens is 1. The fourth-order valence-electron chi connectivity index (χ4n) is 3.56. The summed E-state index contributed by atoms with van der Waals surface area (Å²) in [5, 5.41) is 5.84. The van der Waals surface area contributed by atoms with Crippen molar-refractivity contribution in [2.75, 3.05) is 11.9 Å². The summed E-state index contributed by atoms with van der Waals surface area (Å²) in [4.78, 5) is 24.5. The zero-order valence-electron chi connectivity index (χ0n) is 14.4. The van der Waals surface area contributed by atoms with E-state index in [0.29, 0.717) is 29.5 Å². The minimum absolute atomic E-state index is 0. The molecular weight excluding hydrogens is 342 g/mol. The van der Waals surface area contributed by atoms with Gasteiger partial charge in [-0.1, -0.05) is 25.3 Å². The first-order valence-electron chi connectivity index (χ1n) is 8.71. The van der Waals surface area contributed by atoms with E-state index >= 15 is 0 Å². The predicted octanol–water partition coefficient (Wildman–Crippen LogP) is 2.47. The zero-order chi connectivity index (χ0) is 17.1. The van der Waals surface area contributed by atoms with Gasteiger partial charge in [0.25, 0.3) is 11.8 Å². The Morgan fingerprint density at radius 3 is 2.76 bits per heavy atom. The lowest BCUT2D eigenvalue weighted by Gasteiger charge is -2.31. The van der Waals surface area contributed by atoms with Crippen LogP contribution in [0.3, 0.4) is 0 Å². The standard InChI is InChI=1S/C18H25N3O3.ClH/c1-11-17(22)20-14-9-5-8-13(16(14)24-11)18(23)21-15(10-19)12-6-3-2-4-7-12;/h5,8-9,11-12,15H,2-4,6-7,10,19H2,1H3,(H,20,22)(H,21,23);1H. The van der Waals surface area contributed by atoms with Crippen molar-refractivity contribution in [1.82, 2.24) is 5.32 Å². The van der Waals surface area contributed by atoms with Crippen molar-refractivity contribution >= 4 is 29.9 Å². The molecule has 2 unspecified atom stereocenters. The van der Waals surface area contributed by atoms with E-state index in [1.165, 1.54) is 19.3 Å². The second-order valence-corrected chi connectivity index (χ2v) is 6.65. The summed E-state index contributed by atoms with van der Waals surface area (Å²) in [6.45, 7) is 2.09. The van der Waals surface area contributed by atoms with E-state index < -0.39 is 6.10 Å². The number of carbonyl (C=O) groups is 2. The van der Waals surface area contributed by atoms with E-state index in [2.05, 4.69) is 10.6 Å². The van der Waals surface area contributed by atoms with Crippen LogP contribution in [0, 0.1) is 5.92 Å². The lowest BCUT2D eigenvalue weighted by molar-refractivity contribution is -0.122. The van der Waals surface area contributed by atoms with Crippen molar-refractivity contribution in [1.29, 1.82) is 0 Å². The molecule has 0 saturated heterocycles. The van der Waals surface area contributed by atoms with E-state index in [9.17, 15) is 9.59 Å². The van der Waals surface area contributed by atoms with Gasteiger partial charge in [-0.05, 0) is 37.8 Å². The molecule has 0 aromatic heterocycles. The fourth-order valence-corrected chi connectivity index (χ4v) is 3.56. The summed E-state index contributed by atoms with van der Waals surface area (Å²) in [6, 6.07) is 5.17. The first-order valence-corrected chi connectivity index (χ1v) is 8.71. The van der Waals surface area contributed by atoms with Gasteiger partial charge in [0.15, 0.2) is 11.9 Å². The molecule has 7 heteroatoms. The number of amides is 2. The maximum atomic E-state index is 12.8. The summed E-state index contributed by atoms with van der Waals surface area (Å²) >= 11 is 0. The van der Waals surface area contributed by atoms with Crippen LogP contribution in [0.25, 0.3) is 0 Å². The topological polar surface area (TPSA) is 93.4 Å². The number of ether oxygens (including phenoxy) is 1. The van der Waals surface area contributed by atoms with Gasteiger partial charge in [0.1, 0.15) is 0 Å². The molecule has 0 spiro atoms. The van der Waals surface area contributed by atoms with Gasteiger partial charge in [0.2, 0.25) is 0 Å². The first kappa shape index (κ1) is 19.5. The van der Waals surface area contributed by atoms with Crippen LogP contribution in [0.4, 0.5) is 5.69 Å². The van der Waals surface area contributed by atoms with Crippen LogP contribution in [-0.2, 0) is 4.79 Å². The van der Waals surface area contributed by atoms with Crippen LogP contribution >= 0.6 is 12.4 Å². The van der Waals surface area contributed by atoms with Gasteiger partial charge in [0.05, 0.1) is 11.3 Å². The van der Waals surface area contributed by atoms with E-state index in [-0.39, 0.29) is 30.3 Å². The number of benzene rings is 1. The number of nitrogens with two attached hydrogens (primary N) is 1. The SMILES string of the molecule is CC1Oc2c(cccc2C(=O)NC(CN)C2CCCCC2)NC1=O.Cl. The molecule has 1 aliphatic heterocycles. The van der Waals surface area contributed by atoms with Crippen LogP contribution in [0.15, 0.2) is 18.2 Å². The molecule has 1 saturated carbocycles. The minimum Gasteiger partial charge on any atom is -0.478 e. The second kappa shape index (κ2) is 8.54. The average Bonchev–Trinajstić information content (AvgIpc) is 2.60. The number of para-hydroxylation sites is 1. The minimum atomic E-state index is -0.616. The van der Waals surface area contributed by atoms with E-state index in [0.717, 1.165) is 12.8 Å². The Kier molecular flexibility index (Phi) is 6.67. The molecule has 1 heterocycles. The van der Waals surface area contributed by atoms with Crippen molar-refractivity contribution in [3.63, 3.8) is 0 Å². The number of carbonyl (C=O) groups excluding carboxylic acids is 2. The molecule has 6 nitrogen and oxygen atoms in total. The van der Waals surface area contributed by atoms with Gasteiger partial charge in [-0.2, -0.15) is 0 Å². The molecule has 1 fully saturated rings. The number of hydrogen-bond donors (Lipinski definition) is 3. The molecule has 3 rings (SSSR count). The van der Waals surface area contributed by atoms with Gasteiger partial charge < -0.3 is 21.1 Å². The zero-order valence-corrected chi connectivity index (χ0v) is 15.2. The second-order valence-electron chi connectivity index (χ2n) is 6.65. The third kappa shape index (κ3) is 4.25. The summed E-state index contributed by atoms with van der Waals surface area (Å²) in [6.07, 6.45) is 5.26. The maximum Gasteiger partial charge on any atom is 0.265 e. The van der Waals surface area contributed by atoms with Gasteiger partial charge in [-0.15, -0.1) is 12.4 Å². The van der Waals surface area contributed by atoms with Gasteiger partial charge in [-0.3, -0.25) is 9.59 Å². The average molecular weight is 368 g/mol. The molecule has 0 radical (unpaired) electrons. The molecular formula is C18H26ClN3O3. The summed E-state index contributed by atoms with van der Waals surface area (Å²) < 4.78 is 5.65. The monoisotopic (exact) mass is 367 g/mol. The Balaban J connectivity index is 0.00000225. The number of anilines is 1. The van der Waals surface area contributed by atoms with E-state index in [1.54, 1.807) is 25.1 Å². The summed E-state index contributed by atoms with van der Waals surface area (Å²) in [5.74, 6) is 0.464. The van der Waals surface area contributed by atoms with Crippen LogP contribution in [0.2, 0.25) is 0 Å². The van der Waals surface area contributed by atoms with Crippen LogP contribution in [0.1, 0.15) is 49.4 Å². The van der Waals surface area contributed by atoms with Crippen molar-refractivity contribution in [2.45, 2.75) is 51.2 Å². The molecule has 2 aliphatic rings. The normalized spacial score (nSPS) is 21.2. The third-order valence-electron chi connectivity index (χ3n) is 4.97. The van der Waals surface area contributed by atoms with Gasteiger partial charge in [-0.25, -0.2) is 0 Å². The largest absolute Gasteiger partial charge is 0.478 e.